The average molecular weight is 264 g/mol. The highest BCUT2D eigenvalue weighted by molar-refractivity contribution is 5.86. The predicted molar refractivity (Wildman–Crippen MR) is 79.7 cm³/mol. The molecule has 100 valence electrons. The third-order valence-electron chi connectivity index (χ3n) is 4.03. The SMILES string of the molecule is c1ccc(C2CCCN2c2ncnc3cc[nH]c23)cc1. The van der Waals surface area contributed by atoms with Gasteiger partial charge in [-0.25, -0.2) is 9.97 Å². The van der Waals surface area contributed by atoms with Crippen molar-refractivity contribution in [2.24, 2.45) is 0 Å². The summed E-state index contributed by atoms with van der Waals surface area (Å²) in [5, 5.41) is 0. The van der Waals surface area contributed by atoms with Crippen LogP contribution in [-0.4, -0.2) is 21.5 Å². The molecule has 4 nitrogen and oxygen atoms in total. The maximum Gasteiger partial charge on any atom is 0.156 e. The van der Waals surface area contributed by atoms with E-state index in [1.54, 1.807) is 6.33 Å². The second kappa shape index (κ2) is 4.63. The third kappa shape index (κ3) is 1.76. The minimum Gasteiger partial charge on any atom is -0.357 e. The van der Waals surface area contributed by atoms with E-state index >= 15 is 0 Å². The van der Waals surface area contributed by atoms with Gasteiger partial charge in [0, 0.05) is 12.7 Å². The molecule has 4 rings (SSSR count). The highest BCUT2D eigenvalue weighted by atomic mass is 15.2. The van der Waals surface area contributed by atoms with Crippen LogP contribution in [0.4, 0.5) is 5.82 Å². The molecule has 0 saturated carbocycles. The second-order valence-corrected chi connectivity index (χ2v) is 5.20. The summed E-state index contributed by atoms with van der Waals surface area (Å²) in [6, 6.07) is 13.1. The summed E-state index contributed by atoms with van der Waals surface area (Å²) in [4.78, 5) is 14.5. The van der Waals surface area contributed by atoms with Crippen molar-refractivity contribution in [3.63, 3.8) is 0 Å². The first-order valence-electron chi connectivity index (χ1n) is 7.03. The summed E-state index contributed by atoms with van der Waals surface area (Å²) in [5.41, 5.74) is 3.38. The lowest BCUT2D eigenvalue weighted by Gasteiger charge is -2.26. The van der Waals surface area contributed by atoms with Crippen LogP contribution in [0.25, 0.3) is 11.0 Å². The van der Waals surface area contributed by atoms with E-state index in [9.17, 15) is 0 Å². The van der Waals surface area contributed by atoms with Crippen LogP contribution in [-0.2, 0) is 0 Å². The Balaban J connectivity index is 1.79. The van der Waals surface area contributed by atoms with Gasteiger partial charge in [0.2, 0.25) is 0 Å². The zero-order valence-electron chi connectivity index (χ0n) is 11.2. The standard InChI is InChI=1S/C16H16N4/c1-2-5-12(6-3-1)14-7-4-10-20(14)16-15-13(8-9-17-15)18-11-19-16/h1-3,5-6,8-9,11,14,17H,4,7,10H2. The molecular formula is C16H16N4. The molecule has 0 amide bonds. The fourth-order valence-corrected chi connectivity index (χ4v) is 3.12. The van der Waals surface area contributed by atoms with Crippen LogP contribution in [0.15, 0.2) is 48.9 Å². The molecule has 1 N–H and O–H groups in total. The average Bonchev–Trinajstić information content (AvgIpc) is 3.16. The van der Waals surface area contributed by atoms with Gasteiger partial charge in [0.1, 0.15) is 11.8 Å². The highest BCUT2D eigenvalue weighted by Gasteiger charge is 2.28. The highest BCUT2D eigenvalue weighted by Crippen LogP contribution is 2.37. The van der Waals surface area contributed by atoms with Crippen LogP contribution in [0.2, 0.25) is 0 Å². The summed E-state index contributed by atoms with van der Waals surface area (Å²) >= 11 is 0. The van der Waals surface area contributed by atoms with E-state index in [1.807, 2.05) is 12.3 Å². The Morgan fingerprint density at radius 1 is 1.10 bits per heavy atom. The number of anilines is 1. The molecule has 20 heavy (non-hydrogen) atoms. The second-order valence-electron chi connectivity index (χ2n) is 5.20. The monoisotopic (exact) mass is 264 g/mol. The Morgan fingerprint density at radius 2 is 2.00 bits per heavy atom. The molecule has 1 aliphatic rings. The van der Waals surface area contributed by atoms with Crippen molar-refractivity contribution in [1.82, 2.24) is 15.0 Å². The molecule has 3 aromatic rings. The number of aromatic nitrogens is 3. The summed E-state index contributed by atoms with van der Waals surface area (Å²) in [6.45, 7) is 1.05. The molecule has 0 spiro atoms. The van der Waals surface area contributed by atoms with Crippen molar-refractivity contribution in [3.8, 4) is 0 Å². The van der Waals surface area contributed by atoms with E-state index in [1.165, 1.54) is 18.4 Å². The molecule has 3 heterocycles. The van der Waals surface area contributed by atoms with Crippen LogP contribution >= 0.6 is 0 Å². The number of hydrogen-bond donors (Lipinski definition) is 1. The van der Waals surface area contributed by atoms with Gasteiger partial charge in [-0.05, 0) is 24.5 Å². The minimum atomic E-state index is 0.414. The summed E-state index contributed by atoms with van der Waals surface area (Å²) in [6.07, 6.45) is 5.96. The molecule has 4 heteroatoms. The van der Waals surface area contributed by atoms with E-state index in [2.05, 4.69) is 50.2 Å². The molecule has 1 fully saturated rings. The maximum atomic E-state index is 4.52. The minimum absolute atomic E-state index is 0.414. The summed E-state index contributed by atoms with van der Waals surface area (Å²) in [5.74, 6) is 1.02. The molecule has 1 aromatic carbocycles. The zero-order chi connectivity index (χ0) is 13.4. The van der Waals surface area contributed by atoms with Gasteiger partial charge < -0.3 is 9.88 Å². The zero-order valence-corrected chi connectivity index (χ0v) is 11.2. The van der Waals surface area contributed by atoms with Crippen LogP contribution in [0.3, 0.4) is 0 Å². The largest absolute Gasteiger partial charge is 0.357 e. The van der Waals surface area contributed by atoms with Gasteiger partial charge in [-0.15, -0.1) is 0 Å². The van der Waals surface area contributed by atoms with E-state index in [-0.39, 0.29) is 0 Å². The molecule has 1 atom stereocenters. The lowest BCUT2D eigenvalue weighted by Crippen LogP contribution is -2.23. The quantitative estimate of drug-likeness (QED) is 0.772. The van der Waals surface area contributed by atoms with Crippen molar-refractivity contribution in [2.75, 3.05) is 11.4 Å². The van der Waals surface area contributed by atoms with Gasteiger partial charge >= 0.3 is 0 Å². The summed E-state index contributed by atoms with van der Waals surface area (Å²) in [7, 11) is 0. The molecular weight excluding hydrogens is 248 g/mol. The molecule has 0 aliphatic carbocycles. The molecule has 0 radical (unpaired) electrons. The van der Waals surface area contributed by atoms with Gasteiger partial charge in [-0.1, -0.05) is 30.3 Å². The number of benzene rings is 1. The summed E-state index contributed by atoms with van der Waals surface area (Å²) < 4.78 is 0. The van der Waals surface area contributed by atoms with Gasteiger partial charge in [0.15, 0.2) is 5.82 Å². The number of H-pyrrole nitrogens is 1. The van der Waals surface area contributed by atoms with E-state index < -0.39 is 0 Å². The molecule has 1 aliphatic heterocycles. The van der Waals surface area contributed by atoms with E-state index in [0.29, 0.717) is 6.04 Å². The Hall–Kier alpha value is -2.36. The fourth-order valence-electron chi connectivity index (χ4n) is 3.12. The normalized spacial score (nSPS) is 18.8. The lowest BCUT2D eigenvalue weighted by atomic mass is 10.0. The number of aromatic amines is 1. The molecule has 0 bridgehead atoms. The number of fused-ring (bicyclic) bond motifs is 1. The van der Waals surface area contributed by atoms with Gasteiger partial charge in [0.25, 0.3) is 0 Å². The Labute approximate surface area is 117 Å². The lowest BCUT2D eigenvalue weighted by molar-refractivity contribution is 0.713. The van der Waals surface area contributed by atoms with Crippen molar-refractivity contribution in [2.45, 2.75) is 18.9 Å². The Kier molecular flexibility index (Phi) is 2.66. The van der Waals surface area contributed by atoms with Crippen LogP contribution in [0, 0.1) is 0 Å². The Bertz CT molecular complexity index is 719. The van der Waals surface area contributed by atoms with Crippen molar-refractivity contribution >= 4 is 16.9 Å². The molecule has 1 saturated heterocycles. The van der Waals surface area contributed by atoms with E-state index in [0.717, 1.165) is 23.4 Å². The number of nitrogens with zero attached hydrogens (tertiary/aromatic N) is 3. The van der Waals surface area contributed by atoms with Gasteiger partial charge in [-0.2, -0.15) is 0 Å². The maximum absolute atomic E-state index is 4.52. The Morgan fingerprint density at radius 3 is 2.90 bits per heavy atom. The number of hydrogen-bond acceptors (Lipinski definition) is 3. The van der Waals surface area contributed by atoms with Gasteiger partial charge in [-0.3, -0.25) is 0 Å². The van der Waals surface area contributed by atoms with Crippen molar-refractivity contribution in [1.29, 1.82) is 0 Å². The smallest absolute Gasteiger partial charge is 0.156 e. The van der Waals surface area contributed by atoms with Crippen LogP contribution in [0.5, 0.6) is 0 Å². The first-order valence-corrected chi connectivity index (χ1v) is 7.03. The van der Waals surface area contributed by atoms with Crippen LogP contribution < -0.4 is 4.90 Å². The predicted octanol–water partition coefficient (Wildman–Crippen LogP) is 3.30. The van der Waals surface area contributed by atoms with Crippen LogP contribution in [0.1, 0.15) is 24.4 Å². The first-order chi connectivity index (χ1) is 9.93. The topological polar surface area (TPSA) is 44.8 Å². The fraction of sp³-hybridized carbons (Fsp3) is 0.250. The van der Waals surface area contributed by atoms with Crippen molar-refractivity contribution < 1.29 is 0 Å². The van der Waals surface area contributed by atoms with Crippen molar-refractivity contribution in [3.05, 3.63) is 54.5 Å². The van der Waals surface area contributed by atoms with E-state index in [4.69, 9.17) is 0 Å². The molecule has 1 unspecified atom stereocenters. The first kappa shape index (κ1) is 11.5. The molecule has 2 aromatic heterocycles. The van der Waals surface area contributed by atoms with Gasteiger partial charge in [0.05, 0.1) is 11.6 Å². The number of nitrogens with one attached hydrogen (secondary N) is 1. The third-order valence-corrected chi connectivity index (χ3v) is 4.03. The number of rotatable bonds is 2.